The molecule has 138 valence electrons. The molecule has 0 N–H and O–H groups in total. The van der Waals surface area contributed by atoms with Gasteiger partial charge in [0.1, 0.15) is 0 Å². The van der Waals surface area contributed by atoms with Crippen LogP contribution in [0.3, 0.4) is 0 Å². The van der Waals surface area contributed by atoms with E-state index in [-0.39, 0.29) is 5.54 Å². The first-order valence-corrected chi connectivity index (χ1v) is 9.85. The number of nitrogens with zero attached hydrogens (tertiary/aromatic N) is 2. The van der Waals surface area contributed by atoms with Crippen molar-refractivity contribution < 1.29 is 0 Å². The summed E-state index contributed by atoms with van der Waals surface area (Å²) in [6, 6.07) is 13.0. The van der Waals surface area contributed by atoms with Crippen LogP contribution in [0.1, 0.15) is 68.7 Å². The van der Waals surface area contributed by atoms with Gasteiger partial charge in [-0.15, -0.1) is 0 Å². The highest BCUT2D eigenvalue weighted by atomic mass is 15.2. The van der Waals surface area contributed by atoms with E-state index in [1.807, 2.05) is 12.3 Å². The highest BCUT2D eigenvalue weighted by Crippen LogP contribution is 2.44. The lowest BCUT2D eigenvalue weighted by Crippen LogP contribution is -2.48. The van der Waals surface area contributed by atoms with Gasteiger partial charge in [0.05, 0.1) is 5.69 Å². The van der Waals surface area contributed by atoms with Crippen molar-refractivity contribution in [2.45, 2.75) is 65.8 Å². The van der Waals surface area contributed by atoms with Gasteiger partial charge in [-0.25, -0.2) is 0 Å². The van der Waals surface area contributed by atoms with E-state index in [0.29, 0.717) is 5.92 Å². The van der Waals surface area contributed by atoms with Crippen LogP contribution in [0.5, 0.6) is 0 Å². The van der Waals surface area contributed by atoms with E-state index in [4.69, 9.17) is 4.99 Å². The summed E-state index contributed by atoms with van der Waals surface area (Å²) in [6.07, 6.45) is 4.40. The van der Waals surface area contributed by atoms with Gasteiger partial charge in [-0.2, -0.15) is 0 Å². The number of hydrogen-bond acceptors (Lipinski definition) is 2. The topological polar surface area (TPSA) is 15.6 Å². The van der Waals surface area contributed by atoms with Gasteiger partial charge in [0.15, 0.2) is 0 Å². The Balaban J connectivity index is 2.02. The minimum absolute atomic E-state index is 0.214. The molecule has 0 spiro atoms. The van der Waals surface area contributed by atoms with Crippen molar-refractivity contribution in [1.82, 2.24) is 0 Å². The predicted molar refractivity (Wildman–Crippen MR) is 114 cm³/mol. The molecule has 3 rings (SSSR count). The lowest BCUT2D eigenvalue weighted by molar-refractivity contribution is 0.376. The van der Waals surface area contributed by atoms with Gasteiger partial charge < -0.3 is 4.90 Å². The van der Waals surface area contributed by atoms with Gasteiger partial charge in [0.2, 0.25) is 0 Å². The van der Waals surface area contributed by atoms with Crippen LogP contribution in [-0.4, -0.2) is 18.3 Å². The number of para-hydroxylation sites is 1. The van der Waals surface area contributed by atoms with Crippen LogP contribution in [-0.2, 0) is 0 Å². The normalized spacial score (nSPS) is 19.0. The molecule has 1 aliphatic heterocycles. The van der Waals surface area contributed by atoms with Gasteiger partial charge in [0.25, 0.3) is 0 Å². The number of aryl methyl sites for hydroxylation is 2. The molecule has 0 aromatic heterocycles. The number of fused-ring (bicyclic) bond motifs is 1. The Bertz CT molecular complexity index is 817. The zero-order valence-corrected chi connectivity index (χ0v) is 17.1. The Kier molecular flexibility index (Phi) is 5.22. The fraction of sp³-hybridized carbons (Fsp3) is 0.458. The molecule has 2 aromatic rings. The second-order valence-electron chi connectivity index (χ2n) is 8.38. The predicted octanol–water partition coefficient (Wildman–Crippen LogP) is 6.56. The highest BCUT2D eigenvalue weighted by Gasteiger charge is 2.36. The minimum atomic E-state index is 0.214. The number of hydrogen-bond donors (Lipinski definition) is 0. The zero-order chi connectivity index (χ0) is 18.9. The molecule has 2 heteroatoms. The molecular weight excluding hydrogens is 316 g/mol. The summed E-state index contributed by atoms with van der Waals surface area (Å²) < 4.78 is 0. The summed E-state index contributed by atoms with van der Waals surface area (Å²) in [5.41, 5.74) is 7.89. The Hall–Kier alpha value is -2.09. The van der Waals surface area contributed by atoms with Crippen LogP contribution in [0, 0.1) is 13.8 Å². The van der Waals surface area contributed by atoms with E-state index in [0.717, 1.165) is 12.2 Å². The fourth-order valence-electron chi connectivity index (χ4n) is 4.28. The largest absolute Gasteiger partial charge is 0.366 e. The van der Waals surface area contributed by atoms with E-state index in [1.54, 1.807) is 0 Å². The third-order valence-corrected chi connectivity index (χ3v) is 5.68. The summed E-state index contributed by atoms with van der Waals surface area (Å²) in [5.74, 6) is 0.569. The molecule has 1 aliphatic rings. The maximum Gasteiger partial charge on any atom is 0.0659 e. The van der Waals surface area contributed by atoms with Crippen LogP contribution >= 0.6 is 0 Å². The average molecular weight is 349 g/mol. The number of rotatable bonds is 4. The van der Waals surface area contributed by atoms with E-state index in [9.17, 15) is 0 Å². The van der Waals surface area contributed by atoms with Crippen LogP contribution in [0.2, 0.25) is 0 Å². The van der Waals surface area contributed by atoms with Gasteiger partial charge in [-0.3, -0.25) is 4.99 Å². The van der Waals surface area contributed by atoms with Crippen molar-refractivity contribution in [3.63, 3.8) is 0 Å². The van der Waals surface area contributed by atoms with Crippen LogP contribution in [0.15, 0.2) is 41.4 Å². The molecule has 26 heavy (non-hydrogen) atoms. The van der Waals surface area contributed by atoms with Crippen LogP contribution < -0.4 is 4.90 Å². The lowest BCUT2D eigenvalue weighted by Gasteiger charge is -2.48. The van der Waals surface area contributed by atoms with Crippen LogP contribution in [0.25, 0.3) is 0 Å². The number of anilines is 1. The van der Waals surface area contributed by atoms with E-state index in [1.165, 1.54) is 40.8 Å². The third-order valence-electron chi connectivity index (χ3n) is 5.68. The van der Waals surface area contributed by atoms with Crippen molar-refractivity contribution in [2.75, 3.05) is 11.4 Å². The summed E-state index contributed by atoms with van der Waals surface area (Å²) in [6.45, 7) is 14.8. The third kappa shape index (κ3) is 3.56. The number of aliphatic imine (C=N–C) groups is 1. The van der Waals surface area contributed by atoms with Gasteiger partial charge in [0, 0.05) is 24.0 Å². The Morgan fingerprint density at radius 2 is 1.88 bits per heavy atom. The molecule has 2 nitrogen and oxygen atoms in total. The SMILES string of the molecule is CCCN1c2cc(C)c(C=Nc3ccccc3C)cc2C(C)CC1(C)C. The molecule has 0 bridgehead atoms. The molecule has 1 unspecified atom stereocenters. The smallest absolute Gasteiger partial charge is 0.0659 e. The Morgan fingerprint density at radius 1 is 1.15 bits per heavy atom. The Morgan fingerprint density at radius 3 is 2.58 bits per heavy atom. The highest BCUT2D eigenvalue weighted by molar-refractivity contribution is 5.86. The second-order valence-corrected chi connectivity index (χ2v) is 8.38. The van der Waals surface area contributed by atoms with Crippen molar-refractivity contribution in [2.24, 2.45) is 4.99 Å². The van der Waals surface area contributed by atoms with E-state index >= 15 is 0 Å². The first-order chi connectivity index (χ1) is 12.3. The minimum Gasteiger partial charge on any atom is -0.366 e. The first kappa shape index (κ1) is 18.7. The van der Waals surface area contributed by atoms with Gasteiger partial charge >= 0.3 is 0 Å². The maximum absolute atomic E-state index is 4.76. The van der Waals surface area contributed by atoms with E-state index < -0.39 is 0 Å². The standard InChI is InChI=1S/C24H32N2/c1-7-12-26-23-13-18(3)20(14-21(23)19(4)15-24(26,5)6)16-25-22-11-9-8-10-17(22)2/h8-11,13-14,16,19H,7,12,15H2,1-6H3. The quantitative estimate of drug-likeness (QED) is 0.572. The second kappa shape index (κ2) is 7.26. The summed E-state index contributed by atoms with van der Waals surface area (Å²) in [7, 11) is 0. The molecule has 0 saturated heterocycles. The molecule has 0 aliphatic carbocycles. The Labute approximate surface area is 159 Å². The summed E-state index contributed by atoms with van der Waals surface area (Å²) >= 11 is 0. The number of benzene rings is 2. The summed E-state index contributed by atoms with van der Waals surface area (Å²) in [5, 5.41) is 0. The molecule has 0 radical (unpaired) electrons. The van der Waals surface area contributed by atoms with Crippen molar-refractivity contribution in [3.8, 4) is 0 Å². The first-order valence-electron chi connectivity index (χ1n) is 9.85. The van der Waals surface area contributed by atoms with Gasteiger partial charge in [-0.1, -0.05) is 32.0 Å². The molecule has 0 amide bonds. The molecule has 1 atom stereocenters. The zero-order valence-electron chi connectivity index (χ0n) is 17.1. The fourth-order valence-corrected chi connectivity index (χ4v) is 4.28. The molecule has 1 heterocycles. The molecule has 0 fully saturated rings. The summed E-state index contributed by atoms with van der Waals surface area (Å²) in [4.78, 5) is 7.36. The monoisotopic (exact) mass is 348 g/mol. The van der Waals surface area contributed by atoms with E-state index in [2.05, 4.69) is 76.8 Å². The average Bonchev–Trinajstić information content (AvgIpc) is 2.58. The van der Waals surface area contributed by atoms with Gasteiger partial charge in [-0.05, 0) is 86.9 Å². The molecule has 2 aromatic carbocycles. The lowest BCUT2D eigenvalue weighted by atomic mass is 9.79. The van der Waals surface area contributed by atoms with Crippen molar-refractivity contribution >= 4 is 17.6 Å². The van der Waals surface area contributed by atoms with Crippen molar-refractivity contribution in [3.05, 3.63) is 58.7 Å². The maximum atomic E-state index is 4.76. The molecule has 0 saturated carbocycles. The molecular formula is C24H32N2. The van der Waals surface area contributed by atoms with Crippen molar-refractivity contribution in [1.29, 1.82) is 0 Å². The van der Waals surface area contributed by atoms with Crippen LogP contribution in [0.4, 0.5) is 11.4 Å².